The van der Waals surface area contributed by atoms with Crippen LogP contribution in [0.2, 0.25) is 0 Å². The van der Waals surface area contributed by atoms with Gasteiger partial charge in [-0.25, -0.2) is 0 Å². The van der Waals surface area contributed by atoms with Crippen LogP contribution in [0.15, 0.2) is 36.4 Å². The summed E-state index contributed by atoms with van der Waals surface area (Å²) in [5.74, 6) is 1.50. The molecule has 0 spiro atoms. The summed E-state index contributed by atoms with van der Waals surface area (Å²) < 4.78 is 10.8. The van der Waals surface area contributed by atoms with Crippen molar-refractivity contribution in [3.63, 3.8) is 0 Å². The molecule has 0 radical (unpaired) electrons. The molecule has 0 saturated carbocycles. The first-order valence-electron chi connectivity index (χ1n) is 7.42. The molecular weight excluding hydrogens is 274 g/mol. The fourth-order valence-corrected chi connectivity index (χ4v) is 2.92. The quantitative estimate of drug-likeness (QED) is 0.833. The van der Waals surface area contributed by atoms with E-state index in [2.05, 4.69) is 49.1 Å². The molecule has 0 unspecified atom stereocenters. The van der Waals surface area contributed by atoms with Gasteiger partial charge >= 0.3 is 0 Å². The number of nitrogens with zero attached hydrogens (tertiary/aromatic N) is 1. The minimum Gasteiger partial charge on any atom is -0.493 e. The fraction of sp³-hybridized carbons (Fsp3) is 0.263. The third-order valence-electron chi connectivity index (χ3n) is 4.27. The van der Waals surface area contributed by atoms with Gasteiger partial charge in [-0.2, -0.15) is 0 Å². The highest BCUT2D eigenvalue weighted by Gasteiger charge is 2.19. The number of methoxy groups -OCH3 is 2. The third kappa shape index (κ3) is 2.33. The Labute approximate surface area is 131 Å². The lowest BCUT2D eigenvalue weighted by atomic mass is 9.98. The van der Waals surface area contributed by atoms with E-state index in [0.29, 0.717) is 0 Å². The van der Waals surface area contributed by atoms with Crippen LogP contribution in [0.4, 0.5) is 11.4 Å². The Balaban J connectivity index is 2.12. The van der Waals surface area contributed by atoms with Crippen LogP contribution in [0.1, 0.15) is 16.7 Å². The standard InChI is InChI=1S/C19H21NO2/c1-13-7-8-15-6-5-11-20(19(15)14(13)2)16-9-10-17(21-3)18(12-16)22-4/h5-10,12H,11H2,1-4H3. The predicted octanol–water partition coefficient (Wildman–Crippen LogP) is 4.49. The second kappa shape index (κ2) is 5.76. The van der Waals surface area contributed by atoms with Gasteiger partial charge < -0.3 is 14.4 Å². The molecule has 0 saturated heterocycles. The summed E-state index contributed by atoms with van der Waals surface area (Å²) in [5.41, 5.74) is 6.26. The Kier molecular flexibility index (Phi) is 3.80. The monoisotopic (exact) mass is 295 g/mol. The van der Waals surface area contributed by atoms with Gasteiger partial charge in [0.2, 0.25) is 0 Å². The van der Waals surface area contributed by atoms with Crippen molar-refractivity contribution >= 4 is 17.5 Å². The molecular formula is C19H21NO2. The Hall–Kier alpha value is -2.42. The molecule has 114 valence electrons. The Bertz CT molecular complexity index is 734. The summed E-state index contributed by atoms with van der Waals surface area (Å²) in [6.45, 7) is 5.19. The van der Waals surface area contributed by atoms with Gasteiger partial charge in [0.05, 0.1) is 19.9 Å². The maximum atomic E-state index is 5.44. The van der Waals surface area contributed by atoms with E-state index >= 15 is 0 Å². The number of rotatable bonds is 3. The molecule has 0 aromatic heterocycles. The van der Waals surface area contributed by atoms with Crippen LogP contribution in [0.3, 0.4) is 0 Å². The van der Waals surface area contributed by atoms with Gasteiger partial charge in [0.25, 0.3) is 0 Å². The molecule has 0 N–H and O–H groups in total. The van der Waals surface area contributed by atoms with Crippen LogP contribution in [-0.2, 0) is 0 Å². The number of benzene rings is 2. The smallest absolute Gasteiger partial charge is 0.162 e. The van der Waals surface area contributed by atoms with E-state index in [1.165, 1.54) is 22.4 Å². The normalized spacial score (nSPS) is 13.0. The molecule has 0 amide bonds. The highest BCUT2D eigenvalue weighted by molar-refractivity contribution is 5.81. The molecule has 0 atom stereocenters. The van der Waals surface area contributed by atoms with Gasteiger partial charge in [0.1, 0.15) is 0 Å². The van der Waals surface area contributed by atoms with E-state index in [-0.39, 0.29) is 0 Å². The zero-order valence-electron chi connectivity index (χ0n) is 13.5. The average Bonchev–Trinajstić information content (AvgIpc) is 2.57. The van der Waals surface area contributed by atoms with Gasteiger partial charge in [0, 0.05) is 18.3 Å². The van der Waals surface area contributed by atoms with Crippen LogP contribution >= 0.6 is 0 Å². The largest absolute Gasteiger partial charge is 0.493 e. The number of fused-ring (bicyclic) bond motifs is 1. The molecule has 22 heavy (non-hydrogen) atoms. The molecule has 0 aliphatic carbocycles. The van der Waals surface area contributed by atoms with Crippen molar-refractivity contribution in [3.8, 4) is 11.5 Å². The van der Waals surface area contributed by atoms with Gasteiger partial charge in [-0.15, -0.1) is 0 Å². The summed E-state index contributed by atoms with van der Waals surface area (Å²) in [6, 6.07) is 10.4. The van der Waals surface area contributed by atoms with E-state index in [0.717, 1.165) is 23.7 Å². The molecule has 3 rings (SSSR count). The summed E-state index contributed by atoms with van der Waals surface area (Å²) in [4.78, 5) is 2.32. The Morgan fingerprint density at radius 2 is 1.73 bits per heavy atom. The van der Waals surface area contributed by atoms with Crippen LogP contribution in [0.25, 0.3) is 6.08 Å². The summed E-state index contributed by atoms with van der Waals surface area (Å²) >= 11 is 0. The second-order valence-corrected chi connectivity index (χ2v) is 5.50. The first kappa shape index (κ1) is 14.5. The zero-order chi connectivity index (χ0) is 15.7. The third-order valence-corrected chi connectivity index (χ3v) is 4.27. The van der Waals surface area contributed by atoms with Crippen molar-refractivity contribution in [3.05, 3.63) is 53.1 Å². The van der Waals surface area contributed by atoms with Crippen molar-refractivity contribution in [2.45, 2.75) is 13.8 Å². The lowest BCUT2D eigenvalue weighted by Crippen LogP contribution is -2.21. The fourth-order valence-electron chi connectivity index (χ4n) is 2.92. The molecule has 3 heteroatoms. The predicted molar refractivity (Wildman–Crippen MR) is 91.5 cm³/mol. The number of ether oxygens (including phenoxy) is 2. The van der Waals surface area contributed by atoms with Crippen LogP contribution < -0.4 is 14.4 Å². The molecule has 2 aromatic rings. The van der Waals surface area contributed by atoms with E-state index < -0.39 is 0 Å². The van der Waals surface area contributed by atoms with Crippen molar-refractivity contribution in [2.24, 2.45) is 0 Å². The first-order chi connectivity index (χ1) is 10.7. The molecule has 3 nitrogen and oxygen atoms in total. The topological polar surface area (TPSA) is 21.7 Å². The molecule has 1 aliphatic heterocycles. The number of aryl methyl sites for hydroxylation is 1. The highest BCUT2D eigenvalue weighted by Crippen LogP contribution is 2.39. The van der Waals surface area contributed by atoms with E-state index in [9.17, 15) is 0 Å². The van der Waals surface area contributed by atoms with Crippen molar-refractivity contribution in [2.75, 3.05) is 25.7 Å². The number of hydrogen-bond donors (Lipinski definition) is 0. The van der Waals surface area contributed by atoms with E-state index in [1.807, 2.05) is 12.1 Å². The first-order valence-corrected chi connectivity index (χ1v) is 7.42. The Morgan fingerprint density at radius 1 is 0.955 bits per heavy atom. The SMILES string of the molecule is COc1ccc(N2CC=Cc3ccc(C)c(C)c32)cc1OC. The highest BCUT2D eigenvalue weighted by atomic mass is 16.5. The lowest BCUT2D eigenvalue weighted by Gasteiger charge is -2.31. The zero-order valence-corrected chi connectivity index (χ0v) is 13.5. The minimum absolute atomic E-state index is 0.750. The Morgan fingerprint density at radius 3 is 2.45 bits per heavy atom. The molecule has 1 aliphatic rings. The van der Waals surface area contributed by atoms with Gasteiger partial charge in [0.15, 0.2) is 11.5 Å². The maximum absolute atomic E-state index is 5.44. The lowest BCUT2D eigenvalue weighted by molar-refractivity contribution is 0.355. The van der Waals surface area contributed by atoms with Gasteiger partial charge in [-0.05, 0) is 42.7 Å². The van der Waals surface area contributed by atoms with Crippen LogP contribution in [0.5, 0.6) is 11.5 Å². The molecule has 2 aromatic carbocycles. The average molecular weight is 295 g/mol. The summed E-state index contributed by atoms with van der Waals surface area (Å²) in [5, 5.41) is 0. The summed E-state index contributed by atoms with van der Waals surface area (Å²) in [7, 11) is 3.32. The van der Waals surface area contributed by atoms with Gasteiger partial charge in [-0.1, -0.05) is 24.3 Å². The maximum Gasteiger partial charge on any atom is 0.162 e. The van der Waals surface area contributed by atoms with Crippen LogP contribution in [-0.4, -0.2) is 20.8 Å². The number of anilines is 2. The van der Waals surface area contributed by atoms with Crippen LogP contribution in [0, 0.1) is 13.8 Å². The molecule has 1 heterocycles. The minimum atomic E-state index is 0.750. The molecule has 0 fully saturated rings. The number of hydrogen-bond acceptors (Lipinski definition) is 3. The van der Waals surface area contributed by atoms with Crippen molar-refractivity contribution in [1.82, 2.24) is 0 Å². The van der Waals surface area contributed by atoms with E-state index in [1.54, 1.807) is 14.2 Å². The summed E-state index contributed by atoms with van der Waals surface area (Å²) in [6.07, 6.45) is 4.38. The molecule has 0 bridgehead atoms. The van der Waals surface area contributed by atoms with Gasteiger partial charge in [-0.3, -0.25) is 0 Å². The van der Waals surface area contributed by atoms with Crippen molar-refractivity contribution < 1.29 is 9.47 Å². The van der Waals surface area contributed by atoms with E-state index in [4.69, 9.17) is 9.47 Å². The van der Waals surface area contributed by atoms with Crippen molar-refractivity contribution in [1.29, 1.82) is 0 Å². The second-order valence-electron chi connectivity index (χ2n) is 5.50.